The van der Waals surface area contributed by atoms with Crippen LogP contribution in [0, 0.1) is 60.5 Å². The van der Waals surface area contributed by atoms with Crippen molar-refractivity contribution in [2.75, 3.05) is 0 Å². The van der Waals surface area contributed by atoms with Gasteiger partial charge in [-0.05, 0) is 51.5 Å². The molecule has 9 heteroatoms. The van der Waals surface area contributed by atoms with E-state index in [-0.39, 0.29) is 11.3 Å². The van der Waals surface area contributed by atoms with Gasteiger partial charge in [-0.3, -0.25) is 14.7 Å². The van der Waals surface area contributed by atoms with Crippen molar-refractivity contribution in [3.05, 3.63) is 74.0 Å². The standard InChI is InChI=1S/C23H18N6O3/c1-12-7-16(14(3)28(12)23-19(11-25)13(2)15(4)32-23)8-17(10-24)22-26-20-6-5-18(29(30)31)9-21(20)27-22/h5-9H,1-4H3,(H,26,27)/b17-8+. The summed E-state index contributed by atoms with van der Waals surface area (Å²) in [5.74, 6) is 1.44. The first-order valence-corrected chi connectivity index (χ1v) is 9.70. The maximum absolute atomic E-state index is 11.0. The van der Waals surface area contributed by atoms with Gasteiger partial charge in [0.15, 0.2) is 0 Å². The van der Waals surface area contributed by atoms with Crippen molar-refractivity contribution in [2.45, 2.75) is 27.7 Å². The second-order valence-corrected chi connectivity index (χ2v) is 7.45. The Morgan fingerprint density at radius 1 is 1.25 bits per heavy atom. The summed E-state index contributed by atoms with van der Waals surface area (Å²) in [6.45, 7) is 7.43. The van der Waals surface area contributed by atoms with E-state index in [2.05, 4.69) is 22.1 Å². The third-order valence-electron chi connectivity index (χ3n) is 5.50. The topological polar surface area (TPSA) is 137 Å². The molecule has 3 aromatic heterocycles. The van der Waals surface area contributed by atoms with Gasteiger partial charge < -0.3 is 9.40 Å². The molecule has 4 aromatic rings. The highest BCUT2D eigenvalue weighted by molar-refractivity contribution is 5.91. The SMILES string of the molecule is Cc1oc(-n2c(C)cc(/C=C(\C#N)c3nc4ccc([N+](=O)[O-])cc4[nH]3)c2C)c(C#N)c1C. The van der Waals surface area contributed by atoms with Crippen LogP contribution in [0.2, 0.25) is 0 Å². The van der Waals surface area contributed by atoms with Gasteiger partial charge in [0.1, 0.15) is 29.3 Å². The molecule has 0 atom stereocenters. The number of rotatable bonds is 4. The highest BCUT2D eigenvalue weighted by atomic mass is 16.6. The summed E-state index contributed by atoms with van der Waals surface area (Å²) in [5, 5.41) is 30.4. The van der Waals surface area contributed by atoms with E-state index < -0.39 is 4.92 Å². The molecule has 0 radical (unpaired) electrons. The number of hydrogen-bond acceptors (Lipinski definition) is 6. The van der Waals surface area contributed by atoms with Crippen molar-refractivity contribution < 1.29 is 9.34 Å². The zero-order valence-corrected chi connectivity index (χ0v) is 17.8. The molecule has 0 aliphatic rings. The third-order valence-corrected chi connectivity index (χ3v) is 5.50. The van der Waals surface area contributed by atoms with Crippen LogP contribution in [0.1, 0.15) is 39.7 Å². The molecule has 0 unspecified atom stereocenters. The minimum absolute atomic E-state index is 0.0592. The molecule has 32 heavy (non-hydrogen) atoms. The van der Waals surface area contributed by atoms with E-state index in [9.17, 15) is 20.6 Å². The highest BCUT2D eigenvalue weighted by Crippen LogP contribution is 2.30. The average Bonchev–Trinajstić information content (AvgIpc) is 3.39. The molecule has 9 nitrogen and oxygen atoms in total. The van der Waals surface area contributed by atoms with Gasteiger partial charge in [0, 0.05) is 29.1 Å². The summed E-state index contributed by atoms with van der Waals surface area (Å²) in [6.07, 6.45) is 1.69. The van der Waals surface area contributed by atoms with Crippen LogP contribution in [0.25, 0.3) is 28.6 Å². The Balaban J connectivity index is 1.82. The summed E-state index contributed by atoms with van der Waals surface area (Å²) in [7, 11) is 0. The van der Waals surface area contributed by atoms with E-state index in [0.29, 0.717) is 34.1 Å². The summed E-state index contributed by atoms with van der Waals surface area (Å²) >= 11 is 0. The van der Waals surface area contributed by atoms with Crippen LogP contribution < -0.4 is 0 Å². The average molecular weight is 426 g/mol. The second kappa shape index (κ2) is 7.56. The van der Waals surface area contributed by atoms with Gasteiger partial charge in [-0.1, -0.05) is 0 Å². The van der Waals surface area contributed by atoms with E-state index in [1.54, 1.807) is 12.1 Å². The molecule has 4 rings (SSSR count). The van der Waals surface area contributed by atoms with E-state index >= 15 is 0 Å². The predicted octanol–water partition coefficient (Wildman–Crippen LogP) is 5.02. The molecule has 0 saturated heterocycles. The minimum atomic E-state index is -0.483. The largest absolute Gasteiger partial charge is 0.443 e. The van der Waals surface area contributed by atoms with Crippen LogP contribution in [-0.4, -0.2) is 19.5 Å². The number of fused-ring (bicyclic) bond motifs is 1. The Morgan fingerprint density at radius 3 is 2.66 bits per heavy atom. The fourth-order valence-corrected chi connectivity index (χ4v) is 3.69. The number of imidazole rings is 1. The van der Waals surface area contributed by atoms with Crippen LogP contribution in [0.4, 0.5) is 5.69 Å². The number of aromatic nitrogens is 3. The number of nitrogens with one attached hydrogen (secondary N) is 1. The monoisotopic (exact) mass is 426 g/mol. The van der Waals surface area contributed by atoms with Crippen molar-refractivity contribution in [2.24, 2.45) is 0 Å². The Labute approximate surface area is 183 Å². The molecule has 0 bridgehead atoms. The predicted molar refractivity (Wildman–Crippen MR) is 118 cm³/mol. The molecule has 1 aromatic carbocycles. The van der Waals surface area contributed by atoms with Gasteiger partial charge in [-0.15, -0.1) is 0 Å². The van der Waals surface area contributed by atoms with Crippen LogP contribution in [-0.2, 0) is 0 Å². The Kier molecular flexibility index (Phi) is 4.88. The summed E-state index contributed by atoms with van der Waals surface area (Å²) in [4.78, 5) is 17.9. The van der Waals surface area contributed by atoms with Crippen LogP contribution in [0.15, 0.2) is 28.7 Å². The zero-order valence-electron chi connectivity index (χ0n) is 17.8. The Bertz CT molecular complexity index is 1520. The van der Waals surface area contributed by atoms with Crippen LogP contribution in [0.3, 0.4) is 0 Å². The number of allylic oxidation sites excluding steroid dienone is 1. The number of benzene rings is 1. The molecule has 0 fully saturated rings. The van der Waals surface area contributed by atoms with Gasteiger partial charge in [-0.25, -0.2) is 4.98 Å². The maximum Gasteiger partial charge on any atom is 0.271 e. The quantitative estimate of drug-likeness (QED) is 0.276. The lowest BCUT2D eigenvalue weighted by molar-refractivity contribution is -0.384. The maximum atomic E-state index is 11.0. The molecule has 0 saturated carbocycles. The van der Waals surface area contributed by atoms with E-state index in [0.717, 1.165) is 22.5 Å². The number of aryl methyl sites for hydroxylation is 2. The Hall–Kier alpha value is -4.63. The van der Waals surface area contributed by atoms with Gasteiger partial charge in [0.2, 0.25) is 5.88 Å². The molecule has 3 heterocycles. The molecule has 0 amide bonds. The number of furan rings is 1. The molecule has 158 valence electrons. The van der Waals surface area contributed by atoms with Crippen molar-refractivity contribution in [1.82, 2.24) is 14.5 Å². The normalized spacial score (nSPS) is 11.5. The molecular formula is C23H18N6O3. The molecule has 0 aliphatic carbocycles. The fourth-order valence-electron chi connectivity index (χ4n) is 3.69. The number of nitrogens with zero attached hydrogens (tertiary/aromatic N) is 5. The molecule has 0 aliphatic heterocycles. The van der Waals surface area contributed by atoms with E-state index in [4.69, 9.17) is 4.42 Å². The first-order valence-electron chi connectivity index (χ1n) is 9.70. The first-order chi connectivity index (χ1) is 15.2. The van der Waals surface area contributed by atoms with Crippen LogP contribution >= 0.6 is 0 Å². The van der Waals surface area contributed by atoms with E-state index in [1.165, 1.54) is 12.1 Å². The van der Waals surface area contributed by atoms with Gasteiger partial charge in [0.05, 0.1) is 21.5 Å². The summed E-state index contributed by atoms with van der Waals surface area (Å²) in [6, 6.07) is 10.5. The summed E-state index contributed by atoms with van der Waals surface area (Å²) in [5.41, 5.74) is 4.89. The van der Waals surface area contributed by atoms with Crippen molar-refractivity contribution in [3.63, 3.8) is 0 Å². The number of H-pyrrole nitrogens is 1. The van der Waals surface area contributed by atoms with Gasteiger partial charge >= 0.3 is 0 Å². The number of hydrogen-bond donors (Lipinski definition) is 1. The lowest BCUT2D eigenvalue weighted by Gasteiger charge is -2.06. The molecule has 1 N–H and O–H groups in total. The molecule has 0 spiro atoms. The van der Waals surface area contributed by atoms with E-state index in [1.807, 2.05) is 38.3 Å². The van der Waals surface area contributed by atoms with Crippen molar-refractivity contribution >= 4 is 28.4 Å². The second-order valence-electron chi connectivity index (χ2n) is 7.45. The number of non-ortho nitro benzene ring substituents is 1. The van der Waals surface area contributed by atoms with Gasteiger partial charge in [0.25, 0.3) is 5.69 Å². The third kappa shape index (κ3) is 3.22. The van der Waals surface area contributed by atoms with Gasteiger partial charge in [-0.2, -0.15) is 10.5 Å². The fraction of sp³-hybridized carbons (Fsp3) is 0.174. The number of nitro benzene ring substituents is 1. The number of nitriles is 2. The van der Waals surface area contributed by atoms with Crippen molar-refractivity contribution in [1.29, 1.82) is 10.5 Å². The zero-order chi connectivity index (χ0) is 23.2. The minimum Gasteiger partial charge on any atom is -0.443 e. The first kappa shape index (κ1) is 20.6. The van der Waals surface area contributed by atoms with Crippen molar-refractivity contribution in [3.8, 4) is 18.0 Å². The number of aromatic amines is 1. The lowest BCUT2D eigenvalue weighted by atomic mass is 10.1. The smallest absolute Gasteiger partial charge is 0.271 e. The summed E-state index contributed by atoms with van der Waals surface area (Å²) < 4.78 is 7.71. The Morgan fingerprint density at radius 2 is 2.00 bits per heavy atom. The number of nitro groups is 1. The van der Waals surface area contributed by atoms with Crippen LogP contribution in [0.5, 0.6) is 0 Å². The lowest BCUT2D eigenvalue weighted by Crippen LogP contribution is -2.00. The highest BCUT2D eigenvalue weighted by Gasteiger charge is 2.21. The molecular weight excluding hydrogens is 408 g/mol.